The molecule has 1 aromatic rings. The Labute approximate surface area is 72.4 Å². The molecule has 0 aliphatic carbocycles. The van der Waals surface area contributed by atoms with Gasteiger partial charge in [-0.15, -0.1) is 0 Å². The van der Waals surface area contributed by atoms with Crippen LogP contribution in [0.2, 0.25) is 0 Å². The van der Waals surface area contributed by atoms with Crippen molar-refractivity contribution >= 4 is 11.4 Å². The number of phenols is 1. The highest BCUT2D eigenvalue weighted by molar-refractivity contribution is 5.67. The minimum Gasteiger partial charge on any atom is -0.505 e. The molecular weight excluding hydrogens is 152 g/mol. The molecule has 0 aliphatic rings. The van der Waals surface area contributed by atoms with Gasteiger partial charge in [-0.3, -0.25) is 0 Å². The van der Waals surface area contributed by atoms with E-state index in [2.05, 4.69) is 0 Å². The highest BCUT2D eigenvalue weighted by Crippen LogP contribution is 2.32. The number of benzene rings is 1. The Morgan fingerprint density at radius 2 is 1.92 bits per heavy atom. The quantitative estimate of drug-likeness (QED) is 0.619. The van der Waals surface area contributed by atoms with E-state index in [1.807, 2.05) is 19.0 Å². The predicted molar refractivity (Wildman–Crippen MR) is 51.6 cm³/mol. The lowest BCUT2D eigenvalue weighted by atomic mass is 10.1. The third-order valence-corrected chi connectivity index (χ3v) is 1.93. The van der Waals surface area contributed by atoms with E-state index in [0.29, 0.717) is 5.69 Å². The molecule has 0 unspecified atom stereocenters. The van der Waals surface area contributed by atoms with Crippen molar-refractivity contribution in [1.82, 2.24) is 0 Å². The van der Waals surface area contributed by atoms with Gasteiger partial charge < -0.3 is 15.7 Å². The van der Waals surface area contributed by atoms with Gasteiger partial charge in [-0.2, -0.15) is 0 Å². The Morgan fingerprint density at radius 3 is 2.42 bits per heavy atom. The van der Waals surface area contributed by atoms with Crippen LogP contribution < -0.4 is 10.6 Å². The van der Waals surface area contributed by atoms with Gasteiger partial charge in [0, 0.05) is 25.3 Å². The summed E-state index contributed by atoms with van der Waals surface area (Å²) >= 11 is 0. The molecule has 0 saturated carbocycles. The van der Waals surface area contributed by atoms with E-state index in [9.17, 15) is 5.11 Å². The number of phenolic OH excluding ortho intramolecular Hbond substituents is 1. The van der Waals surface area contributed by atoms with Crippen LogP contribution in [0.25, 0.3) is 0 Å². The van der Waals surface area contributed by atoms with Crippen LogP contribution in [0.4, 0.5) is 11.4 Å². The molecule has 0 aliphatic heterocycles. The molecule has 0 saturated heterocycles. The minimum atomic E-state index is 0.264. The Bertz CT molecular complexity index is 295. The highest BCUT2D eigenvalue weighted by Gasteiger charge is 2.07. The normalized spacial score (nSPS) is 9.92. The molecular formula is C9H14N2O. The van der Waals surface area contributed by atoms with Crippen molar-refractivity contribution < 1.29 is 5.11 Å². The monoisotopic (exact) mass is 166 g/mol. The second kappa shape index (κ2) is 2.93. The molecule has 1 rings (SSSR count). The maximum Gasteiger partial charge on any atom is 0.143 e. The van der Waals surface area contributed by atoms with E-state index in [1.165, 1.54) is 0 Å². The molecule has 0 atom stereocenters. The van der Waals surface area contributed by atoms with Crippen LogP contribution in [0.3, 0.4) is 0 Å². The van der Waals surface area contributed by atoms with Crippen LogP contribution in [0.5, 0.6) is 5.75 Å². The molecule has 66 valence electrons. The number of hydrogen-bond acceptors (Lipinski definition) is 3. The molecule has 0 amide bonds. The first-order valence-corrected chi connectivity index (χ1v) is 3.79. The number of aromatic hydroxyl groups is 1. The standard InChI is InChI=1S/C9H14N2O/c1-6-7(10)4-5-8(9(6)12)11(2)3/h4-5,12H,10H2,1-3H3. The fourth-order valence-corrected chi connectivity index (χ4v) is 1.06. The lowest BCUT2D eigenvalue weighted by molar-refractivity contribution is 0.472. The van der Waals surface area contributed by atoms with E-state index < -0.39 is 0 Å². The zero-order valence-electron chi connectivity index (χ0n) is 7.63. The summed E-state index contributed by atoms with van der Waals surface area (Å²) in [6, 6.07) is 3.60. The summed E-state index contributed by atoms with van der Waals surface area (Å²) in [6.07, 6.45) is 0. The number of anilines is 2. The summed E-state index contributed by atoms with van der Waals surface area (Å²) in [6.45, 7) is 1.80. The van der Waals surface area contributed by atoms with Gasteiger partial charge in [-0.25, -0.2) is 0 Å². The first kappa shape index (κ1) is 8.71. The molecule has 0 fully saturated rings. The SMILES string of the molecule is Cc1c(N)ccc(N(C)C)c1O. The van der Waals surface area contributed by atoms with Crippen molar-refractivity contribution in [2.24, 2.45) is 0 Å². The zero-order chi connectivity index (χ0) is 9.30. The average molecular weight is 166 g/mol. The van der Waals surface area contributed by atoms with E-state index in [0.717, 1.165) is 11.3 Å². The van der Waals surface area contributed by atoms with Gasteiger partial charge in [0.05, 0.1) is 5.69 Å². The summed E-state index contributed by atoms with van der Waals surface area (Å²) in [5, 5.41) is 9.63. The summed E-state index contributed by atoms with van der Waals surface area (Å²) < 4.78 is 0. The molecule has 0 radical (unpaired) electrons. The summed E-state index contributed by atoms with van der Waals surface area (Å²) in [5.74, 6) is 0.264. The molecule has 3 heteroatoms. The second-order valence-electron chi connectivity index (χ2n) is 3.04. The Hall–Kier alpha value is -1.38. The van der Waals surface area contributed by atoms with Gasteiger partial charge in [0.25, 0.3) is 0 Å². The van der Waals surface area contributed by atoms with Gasteiger partial charge in [-0.05, 0) is 19.1 Å². The molecule has 3 N–H and O–H groups in total. The lowest BCUT2D eigenvalue weighted by Gasteiger charge is -2.16. The molecule has 0 aromatic heterocycles. The van der Waals surface area contributed by atoms with Crippen molar-refractivity contribution in [3.63, 3.8) is 0 Å². The fraction of sp³-hybridized carbons (Fsp3) is 0.333. The Balaban J connectivity index is 3.27. The maximum atomic E-state index is 9.63. The Morgan fingerprint density at radius 1 is 1.33 bits per heavy atom. The number of nitrogen functional groups attached to an aromatic ring is 1. The van der Waals surface area contributed by atoms with E-state index in [1.54, 1.807) is 19.1 Å². The number of rotatable bonds is 1. The molecule has 0 heterocycles. The number of nitrogens with zero attached hydrogens (tertiary/aromatic N) is 1. The third kappa shape index (κ3) is 1.30. The highest BCUT2D eigenvalue weighted by atomic mass is 16.3. The van der Waals surface area contributed by atoms with Gasteiger partial charge >= 0.3 is 0 Å². The topological polar surface area (TPSA) is 49.5 Å². The van der Waals surface area contributed by atoms with Crippen molar-refractivity contribution in [3.8, 4) is 5.75 Å². The molecule has 3 nitrogen and oxygen atoms in total. The van der Waals surface area contributed by atoms with E-state index >= 15 is 0 Å². The van der Waals surface area contributed by atoms with Gasteiger partial charge in [0.2, 0.25) is 0 Å². The van der Waals surface area contributed by atoms with Crippen LogP contribution in [0, 0.1) is 6.92 Å². The number of nitrogens with two attached hydrogens (primary N) is 1. The van der Waals surface area contributed by atoms with Crippen LogP contribution in [-0.4, -0.2) is 19.2 Å². The summed E-state index contributed by atoms with van der Waals surface area (Å²) in [4.78, 5) is 1.85. The third-order valence-electron chi connectivity index (χ3n) is 1.93. The van der Waals surface area contributed by atoms with Gasteiger partial charge in [-0.1, -0.05) is 0 Å². The maximum absolute atomic E-state index is 9.63. The van der Waals surface area contributed by atoms with Crippen molar-refractivity contribution in [1.29, 1.82) is 0 Å². The lowest BCUT2D eigenvalue weighted by Crippen LogP contribution is -2.09. The van der Waals surface area contributed by atoms with Crippen molar-refractivity contribution in [2.45, 2.75) is 6.92 Å². The molecule has 1 aromatic carbocycles. The van der Waals surface area contributed by atoms with Crippen molar-refractivity contribution in [2.75, 3.05) is 24.7 Å². The first-order chi connectivity index (χ1) is 5.54. The smallest absolute Gasteiger partial charge is 0.143 e. The zero-order valence-corrected chi connectivity index (χ0v) is 7.63. The van der Waals surface area contributed by atoms with Crippen LogP contribution >= 0.6 is 0 Å². The average Bonchev–Trinajstić information content (AvgIpc) is 2.00. The second-order valence-corrected chi connectivity index (χ2v) is 3.04. The predicted octanol–water partition coefficient (Wildman–Crippen LogP) is 1.35. The fourth-order valence-electron chi connectivity index (χ4n) is 1.06. The first-order valence-electron chi connectivity index (χ1n) is 3.79. The number of hydrogen-bond donors (Lipinski definition) is 2. The van der Waals surface area contributed by atoms with Crippen LogP contribution in [0.1, 0.15) is 5.56 Å². The van der Waals surface area contributed by atoms with Gasteiger partial charge in [0.15, 0.2) is 0 Å². The van der Waals surface area contributed by atoms with Crippen molar-refractivity contribution in [3.05, 3.63) is 17.7 Å². The largest absolute Gasteiger partial charge is 0.505 e. The Kier molecular flexibility index (Phi) is 2.13. The van der Waals surface area contributed by atoms with Crippen LogP contribution in [0.15, 0.2) is 12.1 Å². The van der Waals surface area contributed by atoms with E-state index in [-0.39, 0.29) is 5.75 Å². The van der Waals surface area contributed by atoms with E-state index in [4.69, 9.17) is 5.73 Å². The summed E-state index contributed by atoms with van der Waals surface area (Å²) in [7, 11) is 3.76. The molecule has 0 spiro atoms. The van der Waals surface area contributed by atoms with Gasteiger partial charge in [0.1, 0.15) is 5.75 Å². The summed E-state index contributed by atoms with van der Waals surface area (Å²) in [5.41, 5.74) is 7.76. The molecule has 0 bridgehead atoms. The minimum absolute atomic E-state index is 0.264. The molecule has 12 heavy (non-hydrogen) atoms. The van der Waals surface area contributed by atoms with Crippen LogP contribution in [-0.2, 0) is 0 Å².